The number of fused-ring (bicyclic) bond motifs is 1. The van der Waals surface area contributed by atoms with Crippen LogP contribution in [-0.4, -0.2) is 45.1 Å². The average molecular weight is 429 g/mol. The van der Waals surface area contributed by atoms with E-state index in [0.717, 1.165) is 38.0 Å². The normalized spacial score (nSPS) is 15.7. The van der Waals surface area contributed by atoms with Gasteiger partial charge in [0.15, 0.2) is 11.1 Å². The van der Waals surface area contributed by atoms with Crippen LogP contribution in [0.2, 0.25) is 0 Å². The number of thiol groups is 1. The van der Waals surface area contributed by atoms with Crippen LogP contribution in [0.25, 0.3) is 23.1 Å². The van der Waals surface area contributed by atoms with Crippen molar-refractivity contribution in [1.82, 2.24) is 14.2 Å². The smallest absolute Gasteiger partial charge is 0.254 e. The number of aromatic hydroxyl groups is 1. The predicted molar refractivity (Wildman–Crippen MR) is 119 cm³/mol. The number of carbonyl (C=O) groups is 1. The summed E-state index contributed by atoms with van der Waals surface area (Å²) in [6.07, 6.45) is 4.64. The summed E-state index contributed by atoms with van der Waals surface area (Å²) in [7, 11) is 0. The second-order valence-corrected chi connectivity index (χ2v) is 7.56. The maximum Gasteiger partial charge on any atom is 0.254 e. The predicted octanol–water partition coefficient (Wildman–Crippen LogP) is 1.84. The summed E-state index contributed by atoms with van der Waals surface area (Å²) >= 11 is 3.96. The van der Waals surface area contributed by atoms with Crippen LogP contribution in [0.15, 0.2) is 23.2 Å². The van der Waals surface area contributed by atoms with E-state index >= 15 is 0 Å². The van der Waals surface area contributed by atoms with Crippen LogP contribution < -0.4 is 15.9 Å². The fourth-order valence-corrected chi connectivity index (χ4v) is 4.16. The number of benzene rings is 1. The lowest BCUT2D eigenvalue weighted by Crippen LogP contribution is -2.37. The molecule has 1 fully saturated rings. The number of ether oxygens (including phenoxy) is 1. The van der Waals surface area contributed by atoms with Gasteiger partial charge in [-0.1, -0.05) is 18.9 Å². The summed E-state index contributed by atoms with van der Waals surface area (Å²) in [5.74, 6) is -0.0136. The Bertz CT molecular complexity index is 1150. The zero-order chi connectivity index (χ0) is 21.3. The number of nitrogens with two attached hydrogens (primary N) is 1. The zero-order valence-corrected chi connectivity index (χ0v) is 17.3. The van der Waals surface area contributed by atoms with E-state index in [2.05, 4.69) is 34.3 Å². The third-order valence-electron chi connectivity index (χ3n) is 5.56. The van der Waals surface area contributed by atoms with Crippen LogP contribution in [0, 0.1) is 5.92 Å². The molecular formula is C20H24N6O3S. The van der Waals surface area contributed by atoms with Crippen molar-refractivity contribution in [2.24, 2.45) is 16.6 Å². The number of carbonyl (C=O) groups excluding carboxylic acids is 1. The number of hydrogen-bond donors (Lipinski definition) is 4. The van der Waals surface area contributed by atoms with E-state index in [4.69, 9.17) is 10.5 Å². The van der Waals surface area contributed by atoms with Gasteiger partial charge >= 0.3 is 0 Å². The van der Waals surface area contributed by atoms with E-state index in [0.29, 0.717) is 40.6 Å². The Balaban J connectivity index is 1.78. The number of amides is 1. The quantitative estimate of drug-likeness (QED) is 0.260. The lowest BCUT2D eigenvalue weighted by atomic mass is 9.96. The molecule has 10 heteroatoms. The second kappa shape index (κ2) is 8.41. The molecule has 1 aromatic carbocycles. The molecule has 4 rings (SSSR count). The highest BCUT2D eigenvalue weighted by molar-refractivity contribution is 7.81. The average Bonchev–Trinajstić information content (AvgIpc) is 3.09. The Morgan fingerprint density at radius 2 is 2.23 bits per heavy atom. The minimum atomic E-state index is -0.580. The standard InChI is InChI=1S/C20H24N6O3S/c1-22-11-16-25(7-4-12-5-8-29-9-6-12)20-17(19(21)28)18(23-26(16)20)13-2-3-14(24-30)15(27)10-13/h2-3,10-12,24,27,30H,1,4-9H2,(H2,21,28)/b16-11-. The van der Waals surface area contributed by atoms with E-state index in [1.54, 1.807) is 22.8 Å². The molecule has 0 radical (unpaired) electrons. The van der Waals surface area contributed by atoms with E-state index in [-0.39, 0.29) is 5.75 Å². The van der Waals surface area contributed by atoms with Gasteiger partial charge in [-0.3, -0.25) is 9.79 Å². The minimum Gasteiger partial charge on any atom is -0.506 e. The van der Waals surface area contributed by atoms with Crippen molar-refractivity contribution in [2.45, 2.75) is 25.8 Å². The number of rotatable bonds is 7. The Morgan fingerprint density at radius 1 is 1.47 bits per heavy atom. The van der Waals surface area contributed by atoms with Gasteiger partial charge in [0.2, 0.25) is 0 Å². The van der Waals surface area contributed by atoms with Crippen LogP contribution in [0.4, 0.5) is 5.69 Å². The van der Waals surface area contributed by atoms with Crippen molar-refractivity contribution in [3.8, 4) is 17.0 Å². The molecule has 158 valence electrons. The number of nitrogens with one attached hydrogen (secondary N) is 1. The second-order valence-electron chi connectivity index (χ2n) is 7.33. The molecule has 0 saturated carbocycles. The lowest BCUT2D eigenvalue weighted by molar-refractivity contribution is 0.0624. The highest BCUT2D eigenvalue weighted by atomic mass is 32.1. The van der Waals surface area contributed by atoms with E-state index in [1.165, 1.54) is 6.07 Å². The highest BCUT2D eigenvalue weighted by Gasteiger charge is 2.27. The van der Waals surface area contributed by atoms with Crippen molar-refractivity contribution in [2.75, 3.05) is 17.9 Å². The first kappa shape index (κ1) is 20.3. The van der Waals surface area contributed by atoms with E-state index < -0.39 is 5.91 Å². The number of hydrogen-bond acceptors (Lipinski definition) is 7. The third-order valence-corrected chi connectivity index (χ3v) is 5.80. The fourth-order valence-electron chi connectivity index (χ4n) is 3.97. The van der Waals surface area contributed by atoms with Gasteiger partial charge in [0.25, 0.3) is 5.91 Å². The van der Waals surface area contributed by atoms with Gasteiger partial charge in [0, 0.05) is 25.3 Å². The molecule has 1 saturated heterocycles. The fraction of sp³-hybridized carbons (Fsp3) is 0.350. The van der Waals surface area contributed by atoms with Crippen molar-refractivity contribution < 1.29 is 14.6 Å². The van der Waals surface area contributed by atoms with Gasteiger partial charge in [-0.25, -0.2) is 0 Å². The number of aliphatic imine (C=N–C) groups is 1. The van der Waals surface area contributed by atoms with Crippen molar-refractivity contribution in [1.29, 1.82) is 0 Å². The molecule has 2 aromatic heterocycles. The first-order valence-electron chi connectivity index (χ1n) is 9.73. The Labute approximate surface area is 178 Å². The molecule has 0 unspecified atom stereocenters. The summed E-state index contributed by atoms with van der Waals surface area (Å²) in [5.41, 5.74) is 8.85. The molecule has 30 heavy (non-hydrogen) atoms. The number of phenolic OH excluding ortho intramolecular Hbond substituents is 1. The molecule has 0 aliphatic carbocycles. The maximum atomic E-state index is 12.4. The molecular weight excluding hydrogens is 404 g/mol. The molecule has 1 aliphatic heterocycles. The summed E-state index contributed by atoms with van der Waals surface area (Å²) in [6.45, 7) is 5.83. The zero-order valence-electron chi connectivity index (χ0n) is 16.4. The van der Waals surface area contributed by atoms with Gasteiger partial charge in [-0.15, -0.1) is 0 Å². The van der Waals surface area contributed by atoms with Crippen LogP contribution in [0.1, 0.15) is 29.6 Å². The Hall–Kier alpha value is -2.98. The third kappa shape index (κ3) is 3.52. The van der Waals surface area contributed by atoms with E-state index in [9.17, 15) is 9.90 Å². The van der Waals surface area contributed by atoms with Gasteiger partial charge in [-0.05, 0) is 44.0 Å². The van der Waals surface area contributed by atoms with Crippen molar-refractivity contribution in [3.63, 3.8) is 0 Å². The first-order chi connectivity index (χ1) is 14.5. The van der Waals surface area contributed by atoms with Gasteiger partial charge in [-0.2, -0.15) is 9.61 Å². The summed E-state index contributed by atoms with van der Waals surface area (Å²) in [5, 5.41) is 14.8. The van der Waals surface area contributed by atoms with Gasteiger partial charge in [0.05, 0.1) is 11.9 Å². The Kier molecular flexibility index (Phi) is 5.69. The summed E-state index contributed by atoms with van der Waals surface area (Å²) in [6, 6.07) is 4.92. The number of aryl methyl sites for hydroxylation is 1. The largest absolute Gasteiger partial charge is 0.506 e. The minimum absolute atomic E-state index is 0.00633. The molecule has 3 aromatic rings. The molecule has 1 aliphatic rings. The van der Waals surface area contributed by atoms with Crippen LogP contribution in [0.5, 0.6) is 5.75 Å². The maximum absolute atomic E-state index is 12.4. The number of phenols is 1. The number of nitrogens with zero attached hydrogens (tertiary/aromatic N) is 4. The molecule has 3 heterocycles. The number of anilines is 1. The lowest BCUT2D eigenvalue weighted by Gasteiger charge is -2.24. The molecule has 1 amide bonds. The summed E-state index contributed by atoms with van der Waals surface area (Å²) in [4.78, 5) is 16.3. The Morgan fingerprint density at radius 3 is 2.87 bits per heavy atom. The van der Waals surface area contributed by atoms with Gasteiger partial charge < -0.3 is 24.9 Å². The number of primary amides is 1. The SMILES string of the molecule is C=N/C=c1/n(CCC2CCOCC2)c2c(C(N)=O)c(-c3ccc(NS)c(O)c3)nn12. The first-order valence-corrected chi connectivity index (χ1v) is 10.2. The van der Waals surface area contributed by atoms with Crippen molar-refractivity contribution in [3.05, 3.63) is 29.2 Å². The molecule has 0 atom stereocenters. The molecule has 9 nitrogen and oxygen atoms in total. The van der Waals surface area contributed by atoms with E-state index in [1.807, 2.05) is 4.57 Å². The topological polar surface area (TPSA) is 119 Å². The molecule has 0 spiro atoms. The van der Waals surface area contributed by atoms with Crippen LogP contribution in [0.3, 0.4) is 0 Å². The van der Waals surface area contributed by atoms with Crippen LogP contribution >= 0.6 is 12.8 Å². The van der Waals surface area contributed by atoms with Gasteiger partial charge in [0.1, 0.15) is 17.0 Å². The van der Waals surface area contributed by atoms with Crippen LogP contribution in [-0.2, 0) is 11.3 Å². The highest BCUT2D eigenvalue weighted by Crippen LogP contribution is 2.33. The van der Waals surface area contributed by atoms with Crippen molar-refractivity contribution >= 4 is 43.0 Å². The summed E-state index contributed by atoms with van der Waals surface area (Å²) < 4.78 is 11.7. The molecule has 4 N–H and O–H groups in total. The monoisotopic (exact) mass is 428 g/mol. The number of aromatic nitrogens is 3. The molecule has 0 bridgehead atoms.